The summed E-state index contributed by atoms with van der Waals surface area (Å²) < 4.78 is 4.97. The number of carbonyl (C=O) groups is 2. The molecule has 0 aliphatic heterocycles. The fourth-order valence-corrected chi connectivity index (χ4v) is 1.39. The van der Waals surface area contributed by atoms with Crippen molar-refractivity contribution in [1.29, 1.82) is 0 Å². The lowest BCUT2D eigenvalue weighted by molar-refractivity contribution is -0.122. The molecule has 2 amide bonds. The van der Waals surface area contributed by atoms with Crippen molar-refractivity contribution in [2.75, 3.05) is 25.1 Å². The Bertz CT molecular complexity index is 409. The molecule has 1 aromatic carbocycles. The Morgan fingerprint density at radius 1 is 1.32 bits per heavy atom. The molecule has 0 fully saturated rings. The predicted octanol–water partition coefficient (Wildman–Crippen LogP) is 0.105. The number of primary amides is 1. The van der Waals surface area contributed by atoms with E-state index in [1.165, 1.54) is 0 Å². The maximum atomic E-state index is 11.8. The highest BCUT2D eigenvalue weighted by atomic mass is 16.5. The quantitative estimate of drug-likeness (QED) is 0.581. The minimum absolute atomic E-state index is 0.105. The van der Waals surface area contributed by atoms with Crippen molar-refractivity contribution < 1.29 is 14.3 Å². The lowest BCUT2D eigenvalue weighted by atomic mass is 10.2. The monoisotopic (exact) mass is 265 g/mol. The molecule has 6 heteroatoms. The molecular formula is C13H19N3O3. The van der Waals surface area contributed by atoms with Gasteiger partial charge in [0.25, 0.3) is 0 Å². The number of para-hydroxylation sites is 1. The van der Waals surface area contributed by atoms with E-state index in [0.717, 1.165) is 5.69 Å². The third-order valence-electron chi connectivity index (χ3n) is 2.38. The standard InChI is InChI=1S/C13H19N3O3/c1-10(15-7-8-19-9-12(14)17)13(18)16-11-5-3-2-4-6-11/h2-6,10,15H,7-9H2,1H3,(H2,14,17)(H,16,18). The van der Waals surface area contributed by atoms with E-state index in [1.54, 1.807) is 6.92 Å². The van der Waals surface area contributed by atoms with Gasteiger partial charge < -0.3 is 21.1 Å². The van der Waals surface area contributed by atoms with E-state index in [-0.39, 0.29) is 18.6 Å². The summed E-state index contributed by atoms with van der Waals surface area (Å²) in [5, 5.41) is 5.77. The first-order chi connectivity index (χ1) is 9.09. The lowest BCUT2D eigenvalue weighted by Crippen LogP contribution is -2.39. The largest absolute Gasteiger partial charge is 0.370 e. The second-order valence-corrected chi connectivity index (χ2v) is 4.05. The molecule has 0 bridgehead atoms. The number of hydrogen-bond acceptors (Lipinski definition) is 4. The number of carbonyl (C=O) groups excluding carboxylic acids is 2. The van der Waals surface area contributed by atoms with Crippen molar-refractivity contribution in [2.24, 2.45) is 5.73 Å². The van der Waals surface area contributed by atoms with Gasteiger partial charge in [0.05, 0.1) is 12.6 Å². The van der Waals surface area contributed by atoms with Crippen LogP contribution >= 0.6 is 0 Å². The zero-order valence-corrected chi connectivity index (χ0v) is 10.9. The molecule has 1 aromatic rings. The minimum Gasteiger partial charge on any atom is -0.370 e. The summed E-state index contributed by atoms with van der Waals surface area (Å²) >= 11 is 0. The zero-order chi connectivity index (χ0) is 14.1. The van der Waals surface area contributed by atoms with Gasteiger partial charge in [-0.2, -0.15) is 0 Å². The van der Waals surface area contributed by atoms with Gasteiger partial charge in [0.2, 0.25) is 11.8 Å². The van der Waals surface area contributed by atoms with E-state index in [0.29, 0.717) is 13.2 Å². The first-order valence-corrected chi connectivity index (χ1v) is 6.05. The number of rotatable bonds is 8. The summed E-state index contributed by atoms with van der Waals surface area (Å²) in [5.74, 6) is -0.629. The first kappa shape index (κ1) is 15.1. The topological polar surface area (TPSA) is 93.4 Å². The number of ether oxygens (including phenoxy) is 1. The SMILES string of the molecule is CC(NCCOCC(N)=O)C(=O)Nc1ccccc1. The molecule has 0 aromatic heterocycles. The van der Waals surface area contributed by atoms with Gasteiger partial charge in [-0.1, -0.05) is 18.2 Å². The Balaban J connectivity index is 2.20. The Kier molecular flexibility index (Phi) is 6.56. The Hall–Kier alpha value is -1.92. The van der Waals surface area contributed by atoms with Crippen molar-refractivity contribution in [3.05, 3.63) is 30.3 Å². The van der Waals surface area contributed by atoms with Crippen molar-refractivity contribution in [2.45, 2.75) is 13.0 Å². The van der Waals surface area contributed by atoms with Crippen LogP contribution in [0, 0.1) is 0 Å². The van der Waals surface area contributed by atoms with Crippen molar-refractivity contribution in [3.63, 3.8) is 0 Å². The number of nitrogens with two attached hydrogens (primary N) is 1. The molecule has 1 rings (SSSR count). The summed E-state index contributed by atoms with van der Waals surface area (Å²) in [5.41, 5.74) is 5.68. The van der Waals surface area contributed by atoms with E-state index in [4.69, 9.17) is 10.5 Å². The molecule has 6 nitrogen and oxygen atoms in total. The van der Waals surface area contributed by atoms with Crippen LogP contribution in [0.15, 0.2) is 30.3 Å². The summed E-state index contributed by atoms with van der Waals surface area (Å²) in [6.45, 7) is 2.45. The molecule has 0 aliphatic carbocycles. The number of amides is 2. The van der Waals surface area contributed by atoms with Crippen LogP contribution in [0.4, 0.5) is 5.69 Å². The van der Waals surface area contributed by atoms with Crippen LogP contribution in [0.25, 0.3) is 0 Å². The van der Waals surface area contributed by atoms with Crippen LogP contribution in [0.3, 0.4) is 0 Å². The molecule has 1 unspecified atom stereocenters. The third-order valence-corrected chi connectivity index (χ3v) is 2.38. The van der Waals surface area contributed by atoms with E-state index >= 15 is 0 Å². The molecule has 4 N–H and O–H groups in total. The van der Waals surface area contributed by atoms with E-state index < -0.39 is 5.91 Å². The van der Waals surface area contributed by atoms with Gasteiger partial charge in [-0.05, 0) is 19.1 Å². The Labute approximate surface area is 112 Å². The highest BCUT2D eigenvalue weighted by molar-refractivity contribution is 5.94. The average molecular weight is 265 g/mol. The normalized spacial score (nSPS) is 11.8. The molecule has 0 saturated heterocycles. The summed E-state index contributed by atoms with van der Waals surface area (Å²) in [4.78, 5) is 22.2. The van der Waals surface area contributed by atoms with Crippen molar-refractivity contribution in [3.8, 4) is 0 Å². The fraction of sp³-hybridized carbons (Fsp3) is 0.385. The Morgan fingerprint density at radius 2 is 2.00 bits per heavy atom. The molecule has 0 radical (unpaired) electrons. The van der Waals surface area contributed by atoms with Gasteiger partial charge >= 0.3 is 0 Å². The molecule has 0 saturated carbocycles. The van der Waals surface area contributed by atoms with Gasteiger partial charge in [0, 0.05) is 12.2 Å². The van der Waals surface area contributed by atoms with Crippen LogP contribution in [0.1, 0.15) is 6.92 Å². The van der Waals surface area contributed by atoms with Gasteiger partial charge in [-0.15, -0.1) is 0 Å². The van der Waals surface area contributed by atoms with Crippen molar-refractivity contribution in [1.82, 2.24) is 5.32 Å². The number of hydrogen-bond donors (Lipinski definition) is 3. The molecule has 104 valence electrons. The highest BCUT2D eigenvalue weighted by Gasteiger charge is 2.11. The maximum Gasteiger partial charge on any atom is 0.243 e. The van der Waals surface area contributed by atoms with E-state index in [9.17, 15) is 9.59 Å². The van der Waals surface area contributed by atoms with Crippen LogP contribution in [0.5, 0.6) is 0 Å². The summed E-state index contributed by atoms with van der Waals surface area (Å²) in [7, 11) is 0. The summed E-state index contributed by atoms with van der Waals surface area (Å²) in [6.07, 6.45) is 0. The third kappa shape index (κ3) is 6.54. The van der Waals surface area contributed by atoms with Crippen molar-refractivity contribution >= 4 is 17.5 Å². The summed E-state index contributed by atoms with van der Waals surface area (Å²) in [6, 6.07) is 8.88. The number of anilines is 1. The van der Waals surface area contributed by atoms with Gasteiger partial charge in [0.15, 0.2) is 0 Å². The molecule has 0 spiro atoms. The minimum atomic E-state index is -0.505. The van der Waals surface area contributed by atoms with E-state index in [2.05, 4.69) is 10.6 Å². The van der Waals surface area contributed by atoms with Gasteiger partial charge in [-0.25, -0.2) is 0 Å². The molecule has 1 atom stereocenters. The van der Waals surface area contributed by atoms with Gasteiger partial charge in [-0.3, -0.25) is 9.59 Å². The molecule has 0 heterocycles. The first-order valence-electron chi connectivity index (χ1n) is 6.05. The molecule has 0 aliphatic rings. The second-order valence-electron chi connectivity index (χ2n) is 4.05. The van der Waals surface area contributed by atoms with E-state index in [1.807, 2.05) is 30.3 Å². The number of nitrogens with one attached hydrogen (secondary N) is 2. The fourth-order valence-electron chi connectivity index (χ4n) is 1.39. The predicted molar refractivity (Wildman–Crippen MR) is 72.5 cm³/mol. The molecule has 19 heavy (non-hydrogen) atoms. The lowest BCUT2D eigenvalue weighted by Gasteiger charge is -2.13. The Morgan fingerprint density at radius 3 is 2.63 bits per heavy atom. The zero-order valence-electron chi connectivity index (χ0n) is 10.9. The van der Waals surface area contributed by atoms with Gasteiger partial charge in [0.1, 0.15) is 6.61 Å². The second kappa shape index (κ2) is 8.23. The molecular weight excluding hydrogens is 246 g/mol. The van der Waals surface area contributed by atoms with Crippen LogP contribution in [0.2, 0.25) is 0 Å². The van der Waals surface area contributed by atoms with Crippen LogP contribution < -0.4 is 16.4 Å². The highest BCUT2D eigenvalue weighted by Crippen LogP contribution is 2.05. The smallest absolute Gasteiger partial charge is 0.243 e. The average Bonchev–Trinajstić information content (AvgIpc) is 2.38. The maximum absolute atomic E-state index is 11.8. The van der Waals surface area contributed by atoms with Crippen LogP contribution in [-0.4, -0.2) is 37.6 Å². The van der Waals surface area contributed by atoms with Crippen LogP contribution in [-0.2, 0) is 14.3 Å². The number of benzene rings is 1.